The van der Waals surface area contributed by atoms with Crippen molar-refractivity contribution in [3.05, 3.63) is 101 Å². The molecule has 0 atom stereocenters. The Morgan fingerprint density at radius 2 is 1.66 bits per heavy atom. The summed E-state index contributed by atoms with van der Waals surface area (Å²) in [6, 6.07) is 20.2. The van der Waals surface area contributed by atoms with Gasteiger partial charge in [0.05, 0.1) is 31.6 Å². The molecule has 1 fully saturated rings. The summed E-state index contributed by atoms with van der Waals surface area (Å²) in [6.07, 6.45) is 5.00. The summed E-state index contributed by atoms with van der Waals surface area (Å²) in [4.78, 5) is 36.3. The standard InChI is InChI=1S/C27H30N4O2.C2H4O3/c1-2-3-14-31(21-23-12-8-5-9-13-23)26(32)24-20-28-27(30-15-17-33-18-16-30)29-25(24)19-22-10-6-4-7-11-22;1-5-2(3)4/h2-13,20H,14-19,21H2,1H3;1H3,(H,3,4)/b3-2+;. The topological polar surface area (TPSA) is 105 Å². The number of aromatic nitrogens is 2. The molecule has 0 bridgehead atoms. The molecular formula is C29H34N4O5. The molecule has 1 N–H and O–H groups in total. The molecular weight excluding hydrogens is 484 g/mol. The average molecular weight is 519 g/mol. The lowest BCUT2D eigenvalue weighted by Crippen LogP contribution is -2.38. The normalized spacial score (nSPS) is 12.9. The van der Waals surface area contributed by atoms with Crippen LogP contribution in [0, 0.1) is 0 Å². The molecule has 9 nitrogen and oxygen atoms in total. The maximum atomic E-state index is 13.7. The average Bonchev–Trinajstić information content (AvgIpc) is 2.96. The summed E-state index contributed by atoms with van der Waals surface area (Å²) in [5.74, 6) is 0.597. The molecule has 9 heteroatoms. The maximum absolute atomic E-state index is 13.7. The number of carboxylic acid groups (broad SMARTS) is 1. The van der Waals surface area contributed by atoms with E-state index < -0.39 is 6.16 Å². The van der Waals surface area contributed by atoms with Crippen molar-refractivity contribution in [1.82, 2.24) is 14.9 Å². The molecule has 200 valence electrons. The lowest BCUT2D eigenvalue weighted by molar-refractivity contribution is 0.0760. The molecule has 1 amide bonds. The number of benzene rings is 2. The zero-order chi connectivity index (χ0) is 27.2. The van der Waals surface area contributed by atoms with Gasteiger partial charge in [-0.2, -0.15) is 0 Å². The minimum absolute atomic E-state index is 0.0589. The first kappa shape index (κ1) is 28.3. The Kier molecular flexibility index (Phi) is 11.3. The minimum atomic E-state index is -1.25. The molecule has 0 aliphatic carbocycles. The van der Waals surface area contributed by atoms with Crippen LogP contribution in [0.1, 0.15) is 34.1 Å². The number of allylic oxidation sites excluding steroid dienone is 1. The second-order valence-corrected chi connectivity index (χ2v) is 8.50. The van der Waals surface area contributed by atoms with Crippen molar-refractivity contribution in [3.8, 4) is 0 Å². The van der Waals surface area contributed by atoms with Crippen molar-refractivity contribution < 1.29 is 24.2 Å². The van der Waals surface area contributed by atoms with Crippen LogP contribution in [0.25, 0.3) is 0 Å². The maximum Gasteiger partial charge on any atom is 0.505 e. The molecule has 1 saturated heterocycles. The first-order valence-electron chi connectivity index (χ1n) is 12.5. The van der Waals surface area contributed by atoms with Crippen LogP contribution in [-0.2, 0) is 22.4 Å². The minimum Gasteiger partial charge on any atom is -0.450 e. The fourth-order valence-electron chi connectivity index (χ4n) is 3.85. The van der Waals surface area contributed by atoms with Crippen LogP contribution in [0.2, 0.25) is 0 Å². The summed E-state index contributed by atoms with van der Waals surface area (Å²) in [5.41, 5.74) is 3.50. The van der Waals surface area contributed by atoms with Gasteiger partial charge in [-0.3, -0.25) is 4.79 Å². The zero-order valence-corrected chi connectivity index (χ0v) is 21.8. The summed E-state index contributed by atoms with van der Waals surface area (Å²) in [6.45, 7) is 5.84. The van der Waals surface area contributed by atoms with E-state index in [2.05, 4.69) is 26.8 Å². The van der Waals surface area contributed by atoms with E-state index in [0.29, 0.717) is 44.2 Å². The smallest absolute Gasteiger partial charge is 0.450 e. The number of ether oxygens (including phenoxy) is 2. The van der Waals surface area contributed by atoms with Gasteiger partial charge in [0.15, 0.2) is 0 Å². The van der Waals surface area contributed by atoms with Crippen LogP contribution in [0.3, 0.4) is 0 Å². The van der Waals surface area contributed by atoms with Crippen LogP contribution in [0.15, 0.2) is 79.0 Å². The van der Waals surface area contributed by atoms with Gasteiger partial charge in [-0.15, -0.1) is 0 Å². The largest absolute Gasteiger partial charge is 0.505 e. The molecule has 0 unspecified atom stereocenters. The number of nitrogens with zero attached hydrogens (tertiary/aromatic N) is 4. The monoisotopic (exact) mass is 518 g/mol. The van der Waals surface area contributed by atoms with Crippen LogP contribution in [0.5, 0.6) is 0 Å². The van der Waals surface area contributed by atoms with E-state index in [-0.39, 0.29) is 5.91 Å². The number of anilines is 1. The van der Waals surface area contributed by atoms with E-state index in [1.165, 1.54) is 0 Å². The summed E-state index contributed by atoms with van der Waals surface area (Å²) < 4.78 is 9.14. The number of morpholine rings is 1. The number of hydrogen-bond donors (Lipinski definition) is 1. The summed E-state index contributed by atoms with van der Waals surface area (Å²) in [5, 5.41) is 7.50. The van der Waals surface area contributed by atoms with Crippen molar-refractivity contribution in [2.24, 2.45) is 0 Å². The van der Waals surface area contributed by atoms with Crippen LogP contribution in [-0.4, -0.2) is 72.0 Å². The predicted octanol–water partition coefficient (Wildman–Crippen LogP) is 4.43. The zero-order valence-electron chi connectivity index (χ0n) is 21.8. The third kappa shape index (κ3) is 8.70. The molecule has 2 aromatic carbocycles. The van der Waals surface area contributed by atoms with Crippen LogP contribution >= 0.6 is 0 Å². The Morgan fingerprint density at radius 1 is 1.05 bits per heavy atom. The number of amides is 1. The first-order chi connectivity index (χ1) is 18.5. The SMILES string of the molecule is C/C=C/CN(Cc1ccccc1)C(=O)c1cnc(N2CCOCC2)nc1Cc1ccccc1.COC(=O)O. The Morgan fingerprint density at radius 3 is 2.24 bits per heavy atom. The van der Waals surface area contributed by atoms with E-state index in [0.717, 1.165) is 37.0 Å². The van der Waals surface area contributed by atoms with Crippen molar-refractivity contribution >= 4 is 18.0 Å². The van der Waals surface area contributed by atoms with Crippen molar-refractivity contribution in [2.45, 2.75) is 19.9 Å². The lowest BCUT2D eigenvalue weighted by atomic mass is 10.0. The molecule has 1 aliphatic heterocycles. The number of carbonyl (C=O) groups is 2. The fourth-order valence-corrected chi connectivity index (χ4v) is 3.85. The van der Waals surface area contributed by atoms with Crippen molar-refractivity contribution in [2.75, 3.05) is 44.9 Å². The van der Waals surface area contributed by atoms with E-state index in [9.17, 15) is 4.79 Å². The number of rotatable bonds is 8. The van der Waals surface area contributed by atoms with Gasteiger partial charge in [0.1, 0.15) is 0 Å². The Bertz CT molecular complexity index is 1180. The molecule has 4 rings (SSSR count). The third-order valence-corrected chi connectivity index (χ3v) is 5.83. The van der Waals surface area contributed by atoms with Gasteiger partial charge in [-0.05, 0) is 18.1 Å². The molecule has 3 aromatic rings. The molecule has 1 aliphatic rings. The summed E-state index contributed by atoms with van der Waals surface area (Å²) in [7, 11) is 1.10. The van der Waals surface area contributed by atoms with E-state index in [1.807, 2.05) is 72.5 Å². The second kappa shape index (κ2) is 15.1. The highest BCUT2D eigenvalue weighted by molar-refractivity contribution is 5.95. The molecule has 0 radical (unpaired) electrons. The van der Waals surface area contributed by atoms with Gasteiger partial charge in [-0.25, -0.2) is 14.8 Å². The van der Waals surface area contributed by atoms with E-state index >= 15 is 0 Å². The highest BCUT2D eigenvalue weighted by Gasteiger charge is 2.23. The quantitative estimate of drug-likeness (QED) is 0.345. The highest BCUT2D eigenvalue weighted by atomic mass is 16.6. The molecule has 38 heavy (non-hydrogen) atoms. The number of carbonyl (C=O) groups excluding carboxylic acids is 1. The highest BCUT2D eigenvalue weighted by Crippen LogP contribution is 2.20. The molecule has 2 heterocycles. The van der Waals surface area contributed by atoms with E-state index in [4.69, 9.17) is 19.6 Å². The van der Waals surface area contributed by atoms with Crippen LogP contribution < -0.4 is 4.90 Å². The molecule has 0 spiro atoms. The fraction of sp³-hybridized carbons (Fsp3) is 0.310. The van der Waals surface area contributed by atoms with Gasteiger partial charge >= 0.3 is 6.16 Å². The first-order valence-corrected chi connectivity index (χ1v) is 12.5. The van der Waals surface area contributed by atoms with Crippen LogP contribution in [0.4, 0.5) is 10.7 Å². The Labute approximate surface area is 223 Å². The predicted molar refractivity (Wildman–Crippen MR) is 145 cm³/mol. The van der Waals surface area contributed by atoms with Crippen molar-refractivity contribution in [1.29, 1.82) is 0 Å². The second-order valence-electron chi connectivity index (χ2n) is 8.50. The van der Waals surface area contributed by atoms with Gasteiger partial charge in [-0.1, -0.05) is 72.8 Å². The molecule has 0 saturated carbocycles. The van der Waals surface area contributed by atoms with Gasteiger partial charge in [0.25, 0.3) is 5.91 Å². The van der Waals surface area contributed by atoms with Gasteiger partial charge < -0.3 is 24.4 Å². The number of hydrogen-bond acceptors (Lipinski definition) is 7. The number of methoxy groups -OCH3 is 1. The summed E-state index contributed by atoms with van der Waals surface area (Å²) >= 11 is 0. The van der Waals surface area contributed by atoms with Gasteiger partial charge in [0.2, 0.25) is 5.95 Å². The Hall–Kier alpha value is -4.24. The van der Waals surface area contributed by atoms with E-state index in [1.54, 1.807) is 6.20 Å². The molecule has 1 aromatic heterocycles. The van der Waals surface area contributed by atoms with Gasteiger partial charge in [0, 0.05) is 38.8 Å². The third-order valence-electron chi connectivity index (χ3n) is 5.83. The van der Waals surface area contributed by atoms with Crippen molar-refractivity contribution in [3.63, 3.8) is 0 Å². The Balaban J connectivity index is 0.000000732. The lowest BCUT2D eigenvalue weighted by Gasteiger charge is -2.28.